The quantitative estimate of drug-likeness (QED) is 0.425. The predicted octanol–water partition coefficient (Wildman–Crippen LogP) is 3.59. The molecule has 3 aromatic carbocycles. The number of nitrogens with two attached hydrogens (primary N) is 1. The number of hydrogen-bond acceptors (Lipinski definition) is 3. The molecule has 0 aliphatic heterocycles. The third-order valence-electron chi connectivity index (χ3n) is 3.49. The zero-order chi connectivity index (χ0) is 16.8. The zero-order valence-electron chi connectivity index (χ0n) is 13.0. The SMILES string of the molecule is NC(=S)NN=Cc1ccc(OCc2ccc3ccccc3c2)cc1. The van der Waals surface area contributed by atoms with Gasteiger partial charge in [-0.2, -0.15) is 5.10 Å². The van der Waals surface area contributed by atoms with Gasteiger partial charge in [0.25, 0.3) is 0 Å². The number of hydrazone groups is 1. The monoisotopic (exact) mass is 335 g/mol. The molecule has 0 aliphatic rings. The molecule has 3 N–H and O–H groups in total. The first-order valence-electron chi connectivity index (χ1n) is 7.50. The van der Waals surface area contributed by atoms with Gasteiger partial charge < -0.3 is 10.5 Å². The van der Waals surface area contributed by atoms with Crippen LogP contribution in [-0.4, -0.2) is 11.3 Å². The average Bonchev–Trinajstić information content (AvgIpc) is 2.60. The van der Waals surface area contributed by atoms with Gasteiger partial charge in [0, 0.05) is 0 Å². The van der Waals surface area contributed by atoms with Crippen LogP contribution in [0, 0.1) is 0 Å². The second kappa shape index (κ2) is 7.57. The number of hydrogen-bond donors (Lipinski definition) is 2. The maximum atomic E-state index is 5.84. The third-order valence-corrected chi connectivity index (χ3v) is 3.58. The fourth-order valence-corrected chi connectivity index (χ4v) is 2.37. The van der Waals surface area contributed by atoms with Gasteiger partial charge in [0.05, 0.1) is 6.21 Å². The smallest absolute Gasteiger partial charge is 0.184 e. The number of thiocarbonyl (C=S) groups is 1. The van der Waals surface area contributed by atoms with Crippen molar-refractivity contribution < 1.29 is 4.74 Å². The van der Waals surface area contributed by atoms with Crippen LogP contribution in [0.4, 0.5) is 0 Å². The molecule has 0 radical (unpaired) electrons. The van der Waals surface area contributed by atoms with Gasteiger partial charge >= 0.3 is 0 Å². The molecule has 0 atom stereocenters. The molecular weight excluding hydrogens is 318 g/mol. The van der Waals surface area contributed by atoms with E-state index in [-0.39, 0.29) is 5.11 Å². The summed E-state index contributed by atoms with van der Waals surface area (Å²) in [5, 5.41) is 6.50. The van der Waals surface area contributed by atoms with Crippen molar-refractivity contribution in [1.82, 2.24) is 5.43 Å². The molecular formula is C19H17N3OS. The molecule has 3 rings (SSSR count). The minimum absolute atomic E-state index is 0.140. The second-order valence-corrected chi connectivity index (χ2v) is 5.71. The highest BCUT2D eigenvalue weighted by molar-refractivity contribution is 7.80. The molecule has 0 saturated carbocycles. The lowest BCUT2D eigenvalue weighted by atomic mass is 10.1. The van der Waals surface area contributed by atoms with Crippen molar-refractivity contribution in [2.45, 2.75) is 6.61 Å². The first kappa shape index (κ1) is 16.0. The molecule has 0 aromatic heterocycles. The maximum Gasteiger partial charge on any atom is 0.184 e. The fourth-order valence-electron chi connectivity index (χ4n) is 2.32. The van der Waals surface area contributed by atoms with Crippen LogP contribution in [0.3, 0.4) is 0 Å². The summed E-state index contributed by atoms with van der Waals surface area (Å²) in [4.78, 5) is 0. The normalized spacial score (nSPS) is 10.8. The van der Waals surface area contributed by atoms with E-state index in [4.69, 9.17) is 10.5 Å². The molecule has 3 aromatic rings. The Hall–Kier alpha value is -2.92. The third kappa shape index (κ3) is 4.30. The Bertz CT molecular complexity index is 875. The lowest BCUT2D eigenvalue weighted by Crippen LogP contribution is -2.23. The molecule has 0 amide bonds. The Morgan fingerprint density at radius 3 is 2.54 bits per heavy atom. The summed E-state index contributed by atoms with van der Waals surface area (Å²) in [6.45, 7) is 0.529. The molecule has 0 bridgehead atoms. The van der Waals surface area contributed by atoms with Crippen molar-refractivity contribution in [3.63, 3.8) is 0 Å². The van der Waals surface area contributed by atoms with E-state index in [1.54, 1.807) is 6.21 Å². The minimum Gasteiger partial charge on any atom is -0.489 e. The lowest BCUT2D eigenvalue weighted by molar-refractivity contribution is 0.306. The first-order chi connectivity index (χ1) is 11.7. The van der Waals surface area contributed by atoms with Gasteiger partial charge in [0.2, 0.25) is 0 Å². The van der Waals surface area contributed by atoms with Crippen molar-refractivity contribution in [2.75, 3.05) is 0 Å². The summed E-state index contributed by atoms with van der Waals surface area (Å²) in [6.07, 6.45) is 1.65. The van der Waals surface area contributed by atoms with E-state index >= 15 is 0 Å². The Balaban J connectivity index is 1.61. The van der Waals surface area contributed by atoms with Gasteiger partial charge in [-0.3, -0.25) is 5.43 Å². The highest BCUT2D eigenvalue weighted by Gasteiger charge is 1.99. The number of benzene rings is 3. The van der Waals surface area contributed by atoms with Gasteiger partial charge in [-0.15, -0.1) is 0 Å². The Morgan fingerprint density at radius 1 is 1.04 bits per heavy atom. The van der Waals surface area contributed by atoms with Crippen LogP contribution in [0.15, 0.2) is 71.8 Å². The molecule has 0 aliphatic carbocycles. The molecule has 0 spiro atoms. The van der Waals surface area contributed by atoms with Crippen LogP contribution in [0.5, 0.6) is 5.75 Å². The van der Waals surface area contributed by atoms with E-state index < -0.39 is 0 Å². The number of fused-ring (bicyclic) bond motifs is 1. The maximum absolute atomic E-state index is 5.84. The highest BCUT2D eigenvalue weighted by Crippen LogP contribution is 2.18. The Kier molecular flexibility index (Phi) is 5.03. The van der Waals surface area contributed by atoms with Crippen LogP contribution < -0.4 is 15.9 Å². The molecule has 0 saturated heterocycles. The predicted molar refractivity (Wildman–Crippen MR) is 102 cm³/mol. The molecule has 5 heteroatoms. The van der Waals surface area contributed by atoms with Gasteiger partial charge in [-0.05, 0) is 64.4 Å². The largest absolute Gasteiger partial charge is 0.489 e. The fraction of sp³-hybridized carbons (Fsp3) is 0.0526. The van der Waals surface area contributed by atoms with Crippen LogP contribution in [-0.2, 0) is 6.61 Å². The highest BCUT2D eigenvalue weighted by atomic mass is 32.1. The summed E-state index contributed by atoms with van der Waals surface area (Å²) in [7, 11) is 0. The summed E-state index contributed by atoms with van der Waals surface area (Å²) >= 11 is 4.67. The van der Waals surface area contributed by atoms with E-state index in [1.165, 1.54) is 10.8 Å². The summed E-state index contributed by atoms with van der Waals surface area (Å²) in [6, 6.07) is 22.3. The van der Waals surface area contributed by atoms with Crippen LogP contribution >= 0.6 is 12.2 Å². The van der Waals surface area contributed by atoms with Crippen LogP contribution in [0.1, 0.15) is 11.1 Å². The summed E-state index contributed by atoms with van der Waals surface area (Å²) in [5.74, 6) is 0.808. The van der Waals surface area contributed by atoms with Crippen molar-refractivity contribution in [1.29, 1.82) is 0 Å². The molecule has 0 heterocycles. The van der Waals surface area contributed by atoms with Crippen LogP contribution in [0.25, 0.3) is 10.8 Å². The van der Waals surface area contributed by atoms with Crippen molar-refractivity contribution in [3.05, 3.63) is 77.9 Å². The Labute approximate surface area is 145 Å². The lowest BCUT2D eigenvalue weighted by Gasteiger charge is -2.07. The number of nitrogens with one attached hydrogen (secondary N) is 1. The molecule has 24 heavy (non-hydrogen) atoms. The van der Waals surface area contributed by atoms with Gasteiger partial charge in [-0.25, -0.2) is 0 Å². The van der Waals surface area contributed by atoms with E-state index in [2.05, 4.69) is 53.1 Å². The van der Waals surface area contributed by atoms with Crippen LogP contribution in [0.2, 0.25) is 0 Å². The van der Waals surface area contributed by atoms with E-state index in [1.807, 2.05) is 36.4 Å². The molecule has 120 valence electrons. The number of ether oxygens (including phenoxy) is 1. The standard InChI is InChI=1S/C19H17N3OS/c20-19(24)22-21-12-14-6-9-18(10-7-14)23-13-15-5-8-16-3-1-2-4-17(16)11-15/h1-12H,13H2,(H3,20,22,24). The van der Waals surface area contributed by atoms with E-state index in [0.717, 1.165) is 16.9 Å². The zero-order valence-corrected chi connectivity index (χ0v) is 13.8. The van der Waals surface area contributed by atoms with Gasteiger partial charge in [0.15, 0.2) is 5.11 Å². The Morgan fingerprint density at radius 2 is 1.79 bits per heavy atom. The molecule has 0 unspecified atom stereocenters. The van der Waals surface area contributed by atoms with Gasteiger partial charge in [0.1, 0.15) is 12.4 Å². The minimum atomic E-state index is 0.140. The molecule has 4 nitrogen and oxygen atoms in total. The summed E-state index contributed by atoms with van der Waals surface area (Å²) < 4.78 is 5.84. The second-order valence-electron chi connectivity index (χ2n) is 5.27. The van der Waals surface area contributed by atoms with Crippen molar-refractivity contribution >= 4 is 34.3 Å². The average molecular weight is 335 g/mol. The van der Waals surface area contributed by atoms with Crippen molar-refractivity contribution in [2.24, 2.45) is 10.8 Å². The first-order valence-corrected chi connectivity index (χ1v) is 7.90. The van der Waals surface area contributed by atoms with E-state index in [9.17, 15) is 0 Å². The summed E-state index contributed by atoms with van der Waals surface area (Å²) in [5.41, 5.74) is 9.88. The van der Waals surface area contributed by atoms with E-state index in [0.29, 0.717) is 6.61 Å². The van der Waals surface area contributed by atoms with Crippen molar-refractivity contribution in [3.8, 4) is 5.75 Å². The van der Waals surface area contributed by atoms with Gasteiger partial charge in [-0.1, -0.05) is 36.4 Å². The topological polar surface area (TPSA) is 59.6 Å². The number of nitrogens with zero attached hydrogens (tertiary/aromatic N) is 1. The number of rotatable bonds is 5. The molecule has 0 fully saturated rings.